The van der Waals surface area contributed by atoms with Crippen molar-refractivity contribution in [2.24, 2.45) is 5.41 Å². The van der Waals surface area contributed by atoms with Crippen LogP contribution in [-0.4, -0.2) is 30.1 Å². The third kappa shape index (κ3) is 1.16. The van der Waals surface area contributed by atoms with Crippen molar-refractivity contribution in [2.45, 2.75) is 30.1 Å². The van der Waals surface area contributed by atoms with Crippen molar-refractivity contribution in [1.29, 1.82) is 0 Å². The molecule has 0 N–H and O–H groups in total. The molecule has 1 aliphatic carbocycles. The Kier molecular flexibility index (Phi) is 2.54. The van der Waals surface area contributed by atoms with Crippen molar-refractivity contribution in [3.8, 4) is 0 Å². The van der Waals surface area contributed by atoms with Gasteiger partial charge in [-0.1, -0.05) is 0 Å². The predicted octanol–water partition coefficient (Wildman–Crippen LogP) is 4.02. The summed E-state index contributed by atoms with van der Waals surface area (Å²) in [7, 11) is 0. The summed E-state index contributed by atoms with van der Waals surface area (Å²) in [4.78, 5) is 0. The van der Waals surface area contributed by atoms with Crippen LogP contribution in [0.1, 0.15) is 0 Å². The highest BCUT2D eigenvalue weighted by atomic mass is 19.4. The lowest BCUT2D eigenvalue weighted by Gasteiger charge is -2.24. The first kappa shape index (κ1) is 15.2. The van der Waals surface area contributed by atoms with Gasteiger partial charge in [0.1, 0.15) is 0 Å². The minimum atomic E-state index is -7.15. The van der Waals surface area contributed by atoms with Gasteiger partial charge in [0.15, 0.2) is 0 Å². The van der Waals surface area contributed by atoms with E-state index in [9.17, 15) is 52.7 Å². The predicted molar refractivity (Wildman–Crippen MR) is 29.4 cm³/mol. The molecular formula is C6F12. The molecule has 0 aromatic heterocycles. The smallest absolute Gasteiger partial charge is 0.225 e. The third-order valence-corrected chi connectivity index (χ3v) is 2.60. The molecule has 1 rings (SSSR count). The van der Waals surface area contributed by atoms with E-state index in [4.69, 9.17) is 0 Å². The van der Waals surface area contributed by atoms with Gasteiger partial charge in [0.2, 0.25) is 0 Å². The van der Waals surface area contributed by atoms with Crippen LogP contribution in [0.3, 0.4) is 0 Å². The lowest BCUT2D eigenvalue weighted by atomic mass is 10.0. The number of rotatable bonds is 0. The van der Waals surface area contributed by atoms with Gasteiger partial charge in [-0.3, -0.25) is 0 Å². The zero-order valence-corrected chi connectivity index (χ0v) is 7.54. The summed E-state index contributed by atoms with van der Waals surface area (Å²) in [6, 6.07) is 0. The number of hydrogen-bond donors (Lipinski definition) is 0. The molecule has 0 aromatic carbocycles. The van der Waals surface area contributed by atoms with E-state index >= 15 is 0 Å². The van der Waals surface area contributed by atoms with Gasteiger partial charge in [-0.05, 0) is 0 Å². The second-order valence-electron chi connectivity index (χ2n) is 3.48. The van der Waals surface area contributed by atoms with Crippen molar-refractivity contribution in [1.82, 2.24) is 0 Å². The minimum absolute atomic E-state index is 6.67. The molecule has 18 heavy (non-hydrogen) atoms. The minimum Gasteiger partial charge on any atom is -0.225 e. The molecule has 108 valence electrons. The molecule has 1 atom stereocenters. The fourth-order valence-corrected chi connectivity index (χ4v) is 1.75. The van der Waals surface area contributed by atoms with Crippen molar-refractivity contribution < 1.29 is 52.7 Å². The van der Waals surface area contributed by atoms with Crippen LogP contribution in [0.4, 0.5) is 52.7 Å². The maximum atomic E-state index is 12.8. The standard InChI is InChI=1S/C6F12/c7-2(6(16,17)18)1(3(2,8)9,4(10,11)12)5(13,14)15. The largest absolute Gasteiger partial charge is 0.430 e. The molecule has 1 fully saturated rings. The van der Waals surface area contributed by atoms with Gasteiger partial charge in [-0.25, -0.2) is 13.2 Å². The molecule has 0 spiro atoms. The molecule has 0 saturated heterocycles. The Morgan fingerprint density at radius 1 is 0.500 bits per heavy atom. The van der Waals surface area contributed by atoms with Crippen molar-refractivity contribution in [2.75, 3.05) is 0 Å². The van der Waals surface area contributed by atoms with E-state index in [2.05, 4.69) is 0 Å². The van der Waals surface area contributed by atoms with Gasteiger partial charge in [-0.15, -0.1) is 0 Å². The quantitative estimate of drug-likeness (QED) is 0.593. The van der Waals surface area contributed by atoms with E-state index in [0.29, 0.717) is 0 Å². The van der Waals surface area contributed by atoms with Crippen LogP contribution < -0.4 is 0 Å². The van der Waals surface area contributed by atoms with Crippen molar-refractivity contribution >= 4 is 0 Å². The van der Waals surface area contributed by atoms with Crippen LogP contribution in [0.25, 0.3) is 0 Å². The van der Waals surface area contributed by atoms with E-state index in [-0.39, 0.29) is 0 Å². The summed E-state index contributed by atoms with van der Waals surface area (Å²) in [5, 5.41) is 0. The molecule has 0 nitrogen and oxygen atoms in total. The summed E-state index contributed by atoms with van der Waals surface area (Å²) in [5.74, 6) is -6.67. The lowest BCUT2D eigenvalue weighted by Crippen LogP contribution is -2.49. The second-order valence-corrected chi connectivity index (χ2v) is 3.48. The Labute approximate surface area is 89.5 Å². The van der Waals surface area contributed by atoms with E-state index < -0.39 is 35.5 Å². The van der Waals surface area contributed by atoms with Crippen LogP contribution in [-0.2, 0) is 0 Å². The van der Waals surface area contributed by atoms with Gasteiger partial charge >= 0.3 is 24.5 Å². The van der Waals surface area contributed by atoms with Crippen molar-refractivity contribution in [3.63, 3.8) is 0 Å². The molecule has 1 aliphatic rings. The Bertz CT molecular complexity index is 340. The average Bonchev–Trinajstić information content (AvgIpc) is 2.38. The summed E-state index contributed by atoms with van der Waals surface area (Å²) in [6.45, 7) is 0. The number of hydrogen-bond acceptors (Lipinski definition) is 0. The van der Waals surface area contributed by atoms with E-state index in [1.807, 2.05) is 0 Å². The van der Waals surface area contributed by atoms with Crippen LogP contribution in [0, 0.1) is 5.41 Å². The third-order valence-electron chi connectivity index (χ3n) is 2.60. The maximum absolute atomic E-state index is 12.8. The number of alkyl halides is 12. The fourth-order valence-electron chi connectivity index (χ4n) is 1.75. The van der Waals surface area contributed by atoms with Crippen LogP contribution in [0.2, 0.25) is 0 Å². The molecule has 0 amide bonds. The molecule has 0 radical (unpaired) electrons. The Hall–Kier alpha value is -0.840. The average molecular weight is 300 g/mol. The van der Waals surface area contributed by atoms with E-state index in [0.717, 1.165) is 0 Å². The molecular weight excluding hydrogens is 300 g/mol. The van der Waals surface area contributed by atoms with Crippen molar-refractivity contribution in [3.05, 3.63) is 0 Å². The van der Waals surface area contributed by atoms with E-state index in [1.54, 1.807) is 0 Å². The fraction of sp³-hybridized carbons (Fsp3) is 1.00. The lowest BCUT2D eigenvalue weighted by molar-refractivity contribution is -0.342. The molecule has 1 unspecified atom stereocenters. The monoisotopic (exact) mass is 300 g/mol. The highest BCUT2D eigenvalue weighted by molar-refractivity contribution is 5.39. The summed E-state index contributed by atoms with van der Waals surface area (Å²) < 4.78 is 145. The molecule has 12 heteroatoms. The normalized spacial score (nSPS) is 31.3. The first-order valence-corrected chi connectivity index (χ1v) is 3.77. The molecule has 0 aromatic rings. The van der Waals surface area contributed by atoms with Crippen LogP contribution >= 0.6 is 0 Å². The van der Waals surface area contributed by atoms with Crippen LogP contribution in [0.15, 0.2) is 0 Å². The molecule has 0 heterocycles. The Balaban J connectivity index is 3.63. The number of halogens is 12. The SMILES string of the molecule is FC(F)(F)C1(F)C(F)(F)C1(C(F)(F)F)C(F)(F)F. The summed E-state index contributed by atoms with van der Waals surface area (Å²) >= 11 is 0. The molecule has 0 aliphatic heterocycles. The van der Waals surface area contributed by atoms with Gasteiger partial charge in [0, 0.05) is 0 Å². The molecule has 0 bridgehead atoms. The second kappa shape index (κ2) is 3.00. The maximum Gasteiger partial charge on any atom is 0.430 e. The highest BCUT2D eigenvalue weighted by Crippen LogP contribution is 2.85. The first-order valence-electron chi connectivity index (χ1n) is 3.77. The molecule has 1 saturated carbocycles. The van der Waals surface area contributed by atoms with Gasteiger partial charge < -0.3 is 0 Å². The Morgan fingerprint density at radius 2 is 0.778 bits per heavy atom. The topological polar surface area (TPSA) is 0 Å². The van der Waals surface area contributed by atoms with Gasteiger partial charge in [0.05, 0.1) is 0 Å². The highest BCUT2D eigenvalue weighted by Gasteiger charge is 3.16. The Morgan fingerprint density at radius 3 is 0.833 bits per heavy atom. The summed E-state index contributed by atoms with van der Waals surface area (Å²) in [5.41, 5.74) is -13.5. The van der Waals surface area contributed by atoms with E-state index in [1.165, 1.54) is 0 Å². The van der Waals surface area contributed by atoms with Gasteiger partial charge in [0.25, 0.3) is 11.1 Å². The van der Waals surface area contributed by atoms with Crippen LogP contribution in [0.5, 0.6) is 0 Å². The van der Waals surface area contributed by atoms with Gasteiger partial charge in [-0.2, -0.15) is 39.5 Å². The first-order chi connectivity index (χ1) is 7.50. The zero-order valence-electron chi connectivity index (χ0n) is 7.54. The zero-order chi connectivity index (χ0) is 15.0. The summed E-state index contributed by atoms with van der Waals surface area (Å²) in [6.07, 6.45) is -21.3.